The molecule has 2 aromatic rings. The van der Waals surface area contributed by atoms with E-state index < -0.39 is 5.41 Å². The molecule has 0 heterocycles. The maximum Gasteiger partial charge on any atom is 0.235 e. The zero-order valence-corrected chi connectivity index (χ0v) is 12.9. The van der Waals surface area contributed by atoms with Crippen molar-refractivity contribution in [2.75, 3.05) is 5.32 Å². The average molecular weight is 381 g/mol. The molecule has 1 fully saturated rings. The van der Waals surface area contributed by atoms with Gasteiger partial charge >= 0.3 is 0 Å². The smallest absolute Gasteiger partial charge is 0.235 e. The predicted molar refractivity (Wildman–Crippen MR) is 85.1 cm³/mol. The Morgan fingerprint density at radius 3 is 2.45 bits per heavy atom. The van der Waals surface area contributed by atoms with Gasteiger partial charge in [-0.3, -0.25) is 4.79 Å². The molecule has 1 aliphatic rings. The third-order valence-electron chi connectivity index (χ3n) is 3.69. The molecule has 0 radical (unpaired) electrons. The van der Waals surface area contributed by atoms with Crippen LogP contribution in [-0.4, -0.2) is 5.91 Å². The number of anilines is 1. The van der Waals surface area contributed by atoms with E-state index in [0.29, 0.717) is 9.26 Å². The van der Waals surface area contributed by atoms with Crippen molar-refractivity contribution in [2.24, 2.45) is 0 Å². The minimum absolute atomic E-state index is 0.00627. The van der Waals surface area contributed by atoms with Gasteiger partial charge in [-0.15, -0.1) is 0 Å². The lowest BCUT2D eigenvalue weighted by Crippen LogP contribution is -2.28. The fourth-order valence-corrected chi connectivity index (χ4v) is 2.97. The van der Waals surface area contributed by atoms with E-state index in [1.54, 1.807) is 6.07 Å². The minimum atomic E-state index is -0.404. The predicted octanol–water partition coefficient (Wildman–Crippen LogP) is 4.10. The summed E-state index contributed by atoms with van der Waals surface area (Å²) < 4.78 is 13.8. The van der Waals surface area contributed by atoms with Crippen LogP contribution in [0.15, 0.2) is 48.5 Å². The van der Waals surface area contributed by atoms with E-state index in [-0.39, 0.29) is 11.7 Å². The molecule has 0 saturated heterocycles. The van der Waals surface area contributed by atoms with E-state index in [1.807, 2.05) is 52.9 Å². The van der Waals surface area contributed by atoms with Gasteiger partial charge in [0.25, 0.3) is 0 Å². The molecule has 102 valence electrons. The van der Waals surface area contributed by atoms with Crippen molar-refractivity contribution in [1.29, 1.82) is 0 Å². The van der Waals surface area contributed by atoms with Crippen molar-refractivity contribution in [3.05, 3.63) is 63.5 Å². The number of halogens is 2. The number of carbonyl (C=O) groups is 1. The number of hydrogen-bond acceptors (Lipinski definition) is 1. The molecule has 0 atom stereocenters. The molecule has 0 aliphatic heterocycles. The van der Waals surface area contributed by atoms with Crippen molar-refractivity contribution in [3.63, 3.8) is 0 Å². The van der Waals surface area contributed by atoms with Gasteiger partial charge in [-0.05, 0) is 59.2 Å². The van der Waals surface area contributed by atoms with E-state index in [4.69, 9.17) is 0 Å². The first-order valence-corrected chi connectivity index (χ1v) is 7.52. The molecule has 0 aromatic heterocycles. The van der Waals surface area contributed by atoms with Crippen molar-refractivity contribution in [2.45, 2.75) is 18.3 Å². The summed E-state index contributed by atoms with van der Waals surface area (Å²) in [5.41, 5.74) is 1.31. The molecule has 3 rings (SSSR count). The monoisotopic (exact) mass is 381 g/mol. The fraction of sp³-hybridized carbons (Fsp3) is 0.188. The SMILES string of the molecule is O=C(Nc1ccc(F)cc1I)C1(c2ccccc2)CC1. The molecule has 20 heavy (non-hydrogen) atoms. The first kappa shape index (κ1) is 13.5. The van der Waals surface area contributed by atoms with E-state index in [2.05, 4.69) is 5.32 Å². The van der Waals surface area contributed by atoms with Gasteiger partial charge in [-0.1, -0.05) is 30.3 Å². The van der Waals surface area contributed by atoms with Gasteiger partial charge in [0.1, 0.15) is 5.82 Å². The summed E-state index contributed by atoms with van der Waals surface area (Å²) in [5, 5.41) is 2.93. The maximum absolute atomic E-state index is 13.1. The Balaban J connectivity index is 1.83. The van der Waals surface area contributed by atoms with Gasteiger partial charge in [0.15, 0.2) is 0 Å². The summed E-state index contributed by atoms with van der Waals surface area (Å²) in [6.07, 6.45) is 1.72. The molecule has 1 aliphatic carbocycles. The van der Waals surface area contributed by atoms with Gasteiger partial charge < -0.3 is 5.32 Å². The molecule has 4 heteroatoms. The zero-order valence-electron chi connectivity index (χ0n) is 10.7. The second-order valence-electron chi connectivity index (χ2n) is 5.03. The van der Waals surface area contributed by atoms with Crippen LogP contribution in [0.4, 0.5) is 10.1 Å². The number of amides is 1. The van der Waals surface area contributed by atoms with Crippen LogP contribution in [0, 0.1) is 9.39 Å². The van der Waals surface area contributed by atoms with Crippen molar-refractivity contribution in [1.82, 2.24) is 0 Å². The minimum Gasteiger partial charge on any atom is -0.324 e. The standard InChI is InChI=1S/C16H13FINO/c17-12-6-7-14(13(18)10-12)19-15(20)16(8-9-16)11-4-2-1-3-5-11/h1-7,10H,8-9H2,(H,19,20). The molecule has 1 amide bonds. The molecule has 0 bridgehead atoms. The Labute approximate surface area is 130 Å². The summed E-state index contributed by atoms with van der Waals surface area (Å²) >= 11 is 2.03. The number of carbonyl (C=O) groups excluding carboxylic acids is 1. The molecule has 1 saturated carbocycles. The van der Waals surface area contributed by atoms with Crippen LogP contribution in [0.1, 0.15) is 18.4 Å². The second-order valence-corrected chi connectivity index (χ2v) is 6.19. The van der Waals surface area contributed by atoms with Crippen LogP contribution in [0.5, 0.6) is 0 Å². The summed E-state index contributed by atoms with van der Waals surface area (Å²) in [4.78, 5) is 12.5. The first-order chi connectivity index (χ1) is 9.62. The van der Waals surface area contributed by atoms with Gasteiger partial charge in [0.05, 0.1) is 11.1 Å². The Bertz CT molecular complexity index is 653. The van der Waals surface area contributed by atoms with Crippen LogP contribution in [0.2, 0.25) is 0 Å². The van der Waals surface area contributed by atoms with Gasteiger partial charge in [0.2, 0.25) is 5.91 Å². The second kappa shape index (κ2) is 5.16. The summed E-state index contributed by atoms with van der Waals surface area (Å²) in [6.45, 7) is 0. The number of hydrogen-bond donors (Lipinski definition) is 1. The van der Waals surface area contributed by atoms with Gasteiger partial charge in [0, 0.05) is 3.57 Å². The van der Waals surface area contributed by atoms with Crippen LogP contribution in [0.25, 0.3) is 0 Å². The van der Waals surface area contributed by atoms with Gasteiger partial charge in [-0.2, -0.15) is 0 Å². The van der Waals surface area contributed by atoms with Crippen LogP contribution in [-0.2, 0) is 10.2 Å². The molecule has 2 nitrogen and oxygen atoms in total. The molecular formula is C16H13FINO. The Hall–Kier alpha value is -1.43. The van der Waals surface area contributed by atoms with E-state index >= 15 is 0 Å². The topological polar surface area (TPSA) is 29.1 Å². The first-order valence-electron chi connectivity index (χ1n) is 6.44. The Morgan fingerprint density at radius 1 is 1.15 bits per heavy atom. The number of nitrogens with one attached hydrogen (secondary N) is 1. The summed E-state index contributed by atoms with van der Waals surface area (Å²) in [6, 6.07) is 14.2. The number of rotatable bonds is 3. The van der Waals surface area contributed by atoms with Crippen molar-refractivity contribution < 1.29 is 9.18 Å². The summed E-state index contributed by atoms with van der Waals surface area (Å²) in [7, 11) is 0. The highest BCUT2D eigenvalue weighted by Crippen LogP contribution is 2.49. The summed E-state index contributed by atoms with van der Waals surface area (Å²) in [5.74, 6) is -0.301. The van der Waals surface area contributed by atoms with E-state index in [9.17, 15) is 9.18 Å². The lowest BCUT2D eigenvalue weighted by Gasteiger charge is -2.16. The van der Waals surface area contributed by atoms with Crippen LogP contribution in [0.3, 0.4) is 0 Å². The Kier molecular flexibility index (Phi) is 3.50. The third-order valence-corrected chi connectivity index (χ3v) is 4.58. The molecule has 2 aromatic carbocycles. The molecule has 0 unspecified atom stereocenters. The van der Waals surface area contributed by atoms with E-state index in [1.165, 1.54) is 12.1 Å². The highest BCUT2D eigenvalue weighted by Gasteiger charge is 2.51. The third kappa shape index (κ3) is 2.44. The zero-order chi connectivity index (χ0) is 14.2. The van der Waals surface area contributed by atoms with Gasteiger partial charge in [-0.25, -0.2) is 4.39 Å². The van der Waals surface area contributed by atoms with E-state index in [0.717, 1.165) is 18.4 Å². The molecule has 1 N–H and O–H groups in total. The highest BCUT2D eigenvalue weighted by atomic mass is 127. The average Bonchev–Trinajstić information content (AvgIpc) is 3.24. The lowest BCUT2D eigenvalue weighted by atomic mass is 9.95. The van der Waals surface area contributed by atoms with Crippen LogP contribution >= 0.6 is 22.6 Å². The lowest BCUT2D eigenvalue weighted by molar-refractivity contribution is -0.118. The maximum atomic E-state index is 13.1. The quantitative estimate of drug-likeness (QED) is 0.798. The largest absolute Gasteiger partial charge is 0.324 e. The van der Waals surface area contributed by atoms with Crippen molar-refractivity contribution >= 4 is 34.2 Å². The normalized spacial score (nSPS) is 15.7. The van der Waals surface area contributed by atoms with Crippen LogP contribution < -0.4 is 5.32 Å². The van der Waals surface area contributed by atoms with Crippen molar-refractivity contribution in [3.8, 4) is 0 Å². The fourth-order valence-electron chi connectivity index (χ4n) is 2.36. The molecule has 0 spiro atoms. The Morgan fingerprint density at radius 2 is 1.85 bits per heavy atom. The molecular weight excluding hydrogens is 368 g/mol. The number of benzene rings is 2. The highest BCUT2D eigenvalue weighted by molar-refractivity contribution is 14.1.